The Morgan fingerprint density at radius 2 is 2.09 bits per heavy atom. The fraction of sp³-hybridized carbons (Fsp3) is 0.222. The van der Waals surface area contributed by atoms with Gasteiger partial charge in [-0.05, 0) is 30.7 Å². The zero-order valence-electron chi connectivity index (χ0n) is 6.83. The van der Waals surface area contributed by atoms with Crippen LogP contribution in [0.5, 0.6) is 0 Å². The third kappa shape index (κ3) is 2.42. The van der Waals surface area contributed by atoms with Crippen molar-refractivity contribution in [1.82, 2.24) is 10.3 Å². The lowest BCUT2D eigenvalue weighted by molar-refractivity contribution is 1.00. The van der Waals surface area contributed by atoms with Crippen LogP contribution in [0, 0.1) is 0 Å². The summed E-state index contributed by atoms with van der Waals surface area (Å²) in [6, 6.07) is 3.95. The summed E-state index contributed by atoms with van der Waals surface area (Å²) in [5.74, 6) is 0. The Balaban J connectivity index is 2.79. The Morgan fingerprint density at radius 1 is 1.45 bits per heavy atom. The summed E-state index contributed by atoms with van der Waals surface area (Å²) in [5.41, 5.74) is 2.32. The fourth-order valence-corrected chi connectivity index (χ4v) is 0.782. The molecule has 0 saturated heterocycles. The number of rotatable bonds is 2. The van der Waals surface area contributed by atoms with E-state index in [9.17, 15) is 0 Å². The van der Waals surface area contributed by atoms with Crippen molar-refractivity contribution in [2.45, 2.75) is 6.92 Å². The first-order valence-electron chi connectivity index (χ1n) is 3.59. The molecule has 0 radical (unpaired) electrons. The molecule has 0 amide bonds. The number of allylic oxidation sites excluding steroid dienone is 1. The van der Waals surface area contributed by atoms with E-state index in [-0.39, 0.29) is 0 Å². The number of nitrogens with one attached hydrogen (secondary N) is 1. The van der Waals surface area contributed by atoms with Gasteiger partial charge in [-0.25, -0.2) is 0 Å². The molecule has 2 nitrogen and oxygen atoms in total. The van der Waals surface area contributed by atoms with Crippen LogP contribution in [0.15, 0.2) is 30.2 Å². The number of hydrogen-bond donors (Lipinski definition) is 1. The molecule has 1 rings (SSSR count). The molecule has 58 valence electrons. The molecule has 1 N–H and O–H groups in total. The lowest BCUT2D eigenvalue weighted by Crippen LogP contribution is -2.00. The van der Waals surface area contributed by atoms with Gasteiger partial charge in [0.25, 0.3) is 0 Å². The first-order chi connectivity index (χ1) is 5.33. The quantitative estimate of drug-likeness (QED) is 0.690. The highest BCUT2D eigenvalue weighted by Gasteiger charge is 1.85. The largest absolute Gasteiger partial charge is 0.392 e. The highest BCUT2D eigenvalue weighted by Crippen LogP contribution is 2.01. The summed E-state index contributed by atoms with van der Waals surface area (Å²) in [4.78, 5) is 3.93. The Labute approximate surface area is 67.0 Å². The van der Waals surface area contributed by atoms with E-state index in [0.29, 0.717) is 0 Å². The van der Waals surface area contributed by atoms with Crippen molar-refractivity contribution in [2.75, 3.05) is 7.05 Å². The number of pyridine rings is 1. The Hall–Kier alpha value is -1.31. The van der Waals surface area contributed by atoms with E-state index >= 15 is 0 Å². The minimum absolute atomic E-state index is 1.15. The van der Waals surface area contributed by atoms with E-state index in [0.717, 1.165) is 5.70 Å². The van der Waals surface area contributed by atoms with Crippen LogP contribution in [0.2, 0.25) is 0 Å². The number of hydrogen-bond acceptors (Lipinski definition) is 2. The van der Waals surface area contributed by atoms with Gasteiger partial charge in [-0.2, -0.15) is 0 Å². The summed E-state index contributed by atoms with van der Waals surface area (Å²) in [7, 11) is 1.91. The second-order valence-corrected chi connectivity index (χ2v) is 2.36. The predicted molar refractivity (Wildman–Crippen MR) is 46.9 cm³/mol. The lowest BCUT2D eigenvalue weighted by Gasteiger charge is -1.97. The van der Waals surface area contributed by atoms with Gasteiger partial charge < -0.3 is 5.32 Å². The van der Waals surface area contributed by atoms with Gasteiger partial charge >= 0.3 is 0 Å². The molecule has 0 atom stereocenters. The molecule has 0 saturated carbocycles. The molecule has 1 heterocycles. The van der Waals surface area contributed by atoms with E-state index in [1.807, 2.05) is 26.1 Å². The van der Waals surface area contributed by atoms with Gasteiger partial charge in [-0.1, -0.05) is 0 Å². The van der Waals surface area contributed by atoms with Gasteiger partial charge in [0.1, 0.15) is 0 Å². The van der Waals surface area contributed by atoms with E-state index in [4.69, 9.17) is 0 Å². The van der Waals surface area contributed by atoms with Gasteiger partial charge in [-0.15, -0.1) is 0 Å². The van der Waals surface area contributed by atoms with Gasteiger partial charge in [0, 0.05) is 25.1 Å². The minimum atomic E-state index is 1.15. The fourth-order valence-electron chi connectivity index (χ4n) is 0.782. The van der Waals surface area contributed by atoms with Crippen molar-refractivity contribution in [3.8, 4) is 0 Å². The van der Waals surface area contributed by atoms with Crippen LogP contribution >= 0.6 is 0 Å². The van der Waals surface area contributed by atoms with Crippen molar-refractivity contribution in [2.24, 2.45) is 0 Å². The van der Waals surface area contributed by atoms with Crippen LogP contribution in [0.4, 0.5) is 0 Å². The molecular formula is C9H12N2. The Morgan fingerprint density at radius 3 is 2.64 bits per heavy atom. The van der Waals surface area contributed by atoms with Gasteiger partial charge in [-0.3, -0.25) is 4.98 Å². The molecule has 0 bridgehead atoms. The maximum atomic E-state index is 3.93. The molecule has 0 fully saturated rings. The summed E-state index contributed by atoms with van der Waals surface area (Å²) in [6.45, 7) is 2.03. The summed E-state index contributed by atoms with van der Waals surface area (Å²) < 4.78 is 0. The monoisotopic (exact) mass is 148 g/mol. The third-order valence-corrected chi connectivity index (χ3v) is 1.48. The summed E-state index contributed by atoms with van der Waals surface area (Å²) in [5, 5.41) is 3.05. The average molecular weight is 148 g/mol. The van der Waals surface area contributed by atoms with Crippen molar-refractivity contribution in [1.29, 1.82) is 0 Å². The van der Waals surface area contributed by atoms with Gasteiger partial charge in [0.05, 0.1) is 0 Å². The normalized spacial score (nSPS) is 11.3. The maximum absolute atomic E-state index is 3.93. The van der Waals surface area contributed by atoms with Crippen molar-refractivity contribution < 1.29 is 0 Å². The summed E-state index contributed by atoms with van der Waals surface area (Å²) in [6.07, 6.45) is 5.64. The number of aromatic nitrogens is 1. The standard InChI is InChI=1S/C9H12N2/c1-8(10-2)7-9-3-5-11-6-4-9/h3-7,10H,1-2H3/b8-7+. The molecule has 0 aliphatic carbocycles. The number of nitrogens with zero attached hydrogens (tertiary/aromatic N) is 1. The molecule has 1 aromatic rings. The smallest absolute Gasteiger partial charge is 0.0273 e. The van der Waals surface area contributed by atoms with Crippen LogP contribution in [-0.4, -0.2) is 12.0 Å². The highest BCUT2D eigenvalue weighted by atomic mass is 14.8. The van der Waals surface area contributed by atoms with Crippen molar-refractivity contribution in [3.63, 3.8) is 0 Å². The SMILES string of the molecule is CN/C(C)=C/c1ccncc1. The third-order valence-electron chi connectivity index (χ3n) is 1.48. The van der Waals surface area contributed by atoms with E-state index < -0.39 is 0 Å². The van der Waals surface area contributed by atoms with E-state index in [2.05, 4.69) is 16.4 Å². The van der Waals surface area contributed by atoms with Crippen molar-refractivity contribution in [3.05, 3.63) is 35.8 Å². The molecule has 0 aliphatic heterocycles. The molecular weight excluding hydrogens is 136 g/mol. The second-order valence-electron chi connectivity index (χ2n) is 2.36. The van der Waals surface area contributed by atoms with Gasteiger partial charge in [0.2, 0.25) is 0 Å². The lowest BCUT2D eigenvalue weighted by atomic mass is 10.2. The highest BCUT2D eigenvalue weighted by molar-refractivity contribution is 5.50. The molecule has 2 heteroatoms. The first-order valence-corrected chi connectivity index (χ1v) is 3.59. The first kappa shape index (κ1) is 7.79. The van der Waals surface area contributed by atoms with Crippen molar-refractivity contribution >= 4 is 6.08 Å². The van der Waals surface area contributed by atoms with Crippen LogP contribution in [0.3, 0.4) is 0 Å². The Bertz CT molecular complexity index is 239. The van der Waals surface area contributed by atoms with E-state index in [1.165, 1.54) is 5.56 Å². The molecule has 11 heavy (non-hydrogen) atoms. The average Bonchev–Trinajstić information content (AvgIpc) is 2.06. The molecule has 0 aliphatic rings. The Kier molecular flexibility index (Phi) is 2.66. The van der Waals surface area contributed by atoms with Crippen LogP contribution in [0.1, 0.15) is 12.5 Å². The topological polar surface area (TPSA) is 24.9 Å². The molecule has 0 unspecified atom stereocenters. The van der Waals surface area contributed by atoms with Crippen LogP contribution < -0.4 is 5.32 Å². The predicted octanol–water partition coefficient (Wildman–Crippen LogP) is 1.66. The molecule has 1 aromatic heterocycles. The van der Waals surface area contributed by atoms with Gasteiger partial charge in [0.15, 0.2) is 0 Å². The molecule has 0 aromatic carbocycles. The van der Waals surface area contributed by atoms with Crippen LogP contribution in [-0.2, 0) is 0 Å². The minimum Gasteiger partial charge on any atom is -0.392 e. The van der Waals surface area contributed by atoms with Crippen LogP contribution in [0.25, 0.3) is 6.08 Å². The zero-order chi connectivity index (χ0) is 8.10. The molecule has 0 spiro atoms. The maximum Gasteiger partial charge on any atom is 0.0273 e. The second kappa shape index (κ2) is 3.76. The van der Waals surface area contributed by atoms with E-state index in [1.54, 1.807) is 12.4 Å². The zero-order valence-corrected chi connectivity index (χ0v) is 6.83. The summed E-state index contributed by atoms with van der Waals surface area (Å²) >= 11 is 0.